The van der Waals surface area contributed by atoms with Gasteiger partial charge in [0.1, 0.15) is 11.6 Å². The van der Waals surface area contributed by atoms with Crippen LogP contribution in [0.25, 0.3) is 0 Å². The van der Waals surface area contributed by atoms with E-state index < -0.39 is 17.4 Å². The molecule has 0 heterocycles. The second-order valence-corrected chi connectivity index (χ2v) is 3.28. The van der Waals surface area contributed by atoms with Crippen LogP contribution in [0.5, 0.6) is 0 Å². The molecule has 0 aliphatic heterocycles. The molecule has 1 nitrogen and oxygen atoms in total. The Bertz CT molecular complexity index is 325. The second kappa shape index (κ2) is 4.46. The first kappa shape index (κ1) is 10.3. The Balaban J connectivity index is 2.99. The highest BCUT2D eigenvalue weighted by molar-refractivity contribution is 9.09. The van der Waals surface area contributed by atoms with Gasteiger partial charge in [0, 0.05) is 11.8 Å². The molecule has 0 radical (unpaired) electrons. The zero-order chi connectivity index (χ0) is 9.84. The molecule has 0 aromatic heterocycles. The number of benzene rings is 1. The van der Waals surface area contributed by atoms with E-state index in [0.29, 0.717) is 5.33 Å². The van der Waals surface area contributed by atoms with Crippen LogP contribution in [0.15, 0.2) is 18.2 Å². The third-order valence-electron chi connectivity index (χ3n) is 1.55. The van der Waals surface area contributed by atoms with Crippen LogP contribution in [-0.2, 0) is 0 Å². The van der Waals surface area contributed by atoms with Crippen LogP contribution in [0.4, 0.5) is 8.78 Å². The van der Waals surface area contributed by atoms with Gasteiger partial charge < -0.3 is 0 Å². The van der Waals surface area contributed by atoms with Crippen molar-refractivity contribution < 1.29 is 13.6 Å². The average Bonchev–Trinajstić information content (AvgIpc) is 2.09. The minimum Gasteiger partial charge on any atom is -0.294 e. The van der Waals surface area contributed by atoms with E-state index in [1.54, 1.807) is 0 Å². The van der Waals surface area contributed by atoms with Gasteiger partial charge in [0.25, 0.3) is 0 Å². The van der Waals surface area contributed by atoms with Crippen LogP contribution in [0.3, 0.4) is 0 Å². The molecule has 0 amide bonds. The maximum atomic E-state index is 12.9. The van der Waals surface area contributed by atoms with Gasteiger partial charge in [-0.05, 0) is 18.2 Å². The van der Waals surface area contributed by atoms with Crippen LogP contribution in [-0.4, -0.2) is 11.1 Å². The molecular weight excluding hydrogens is 242 g/mol. The van der Waals surface area contributed by atoms with Crippen LogP contribution in [0.1, 0.15) is 16.8 Å². The van der Waals surface area contributed by atoms with Gasteiger partial charge in [0.2, 0.25) is 0 Å². The van der Waals surface area contributed by atoms with E-state index in [9.17, 15) is 13.6 Å². The number of carbonyl (C=O) groups excluding carboxylic acids is 1. The van der Waals surface area contributed by atoms with Crippen LogP contribution < -0.4 is 0 Å². The van der Waals surface area contributed by atoms with E-state index in [1.165, 1.54) is 0 Å². The largest absolute Gasteiger partial charge is 0.294 e. The lowest BCUT2D eigenvalue weighted by atomic mass is 10.1. The van der Waals surface area contributed by atoms with Gasteiger partial charge in [-0.1, -0.05) is 15.9 Å². The van der Waals surface area contributed by atoms with Crippen molar-refractivity contribution in [2.24, 2.45) is 0 Å². The van der Waals surface area contributed by atoms with Crippen molar-refractivity contribution in [3.8, 4) is 0 Å². The number of alkyl halides is 1. The molecule has 0 bridgehead atoms. The fourth-order valence-corrected chi connectivity index (χ4v) is 1.29. The smallest absolute Gasteiger partial charge is 0.166 e. The predicted molar refractivity (Wildman–Crippen MR) is 49.1 cm³/mol. The van der Waals surface area contributed by atoms with Gasteiger partial charge in [0.15, 0.2) is 5.78 Å². The Hall–Kier alpha value is -0.770. The highest BCUT2D eigenvalue weighted by atomic mass is 79.9. The predicted octanol–water partition coefficient (Wildman–Crippen LogP) is 2.93. The highest BCUT2D eigenvalue weighted by Crippen LogP contribution is 2.12. The van der Waals surface area contributed by atoms with Gasteiger partial charge >= 0.3 is 0 Å². The van der Waals surface area contributed by atoms with Gasteiger partial charge in [-0.2, -0.15) is 0 Å². The van der Waals surface area contributed by atoms with Crippen molar-refractivity contribution in [3.05, 3.63) is 35.4 Å². The summed E-state index contributed by atoms with van der Waals surface area (Å²) in [6.07, 6.45) is 0.167. The summed E-state index contributed by atoms with van der Waals surface area (Å²) < 4.78 is 25.6. The van der Waals surface area contributed by atoms with E-state index in [-0.39, 0.29) is 12.0 Å². The first-order valence-electron chi connectivity index (χ1n) is 3.69. The molecule has 0 spiro atoms. The Morgan fingerprint density at radius 1 is 1.38 bits per heavy atom. The van der Waals surface area contributed by atoms with Crippen LogP contribution >= 0.6 is 15.9 Å². The van der Waals surface area contributed by atoms with Gasteiger partial charge in [0.05, 0.1) is 5.56 Å². The first-order valence-corrected chi connectivity index (χ1v) is 4.81. The molecule has 0 saturated carbocycles. The molecule has 0 N–H and O–H groups in total. The molecule has 1 aromatic rings. The van der Waals surface area contributed by atoms with Gasteiger partial charge in [-0.15, -0.1) is 0 Å². The maximum absolute atomic E-state index is 12.9. The summed E-state index contributed by atoms with van der Waals surface area (Å²) in [5.74, 6) is -1.67. The number of ketones is 1. The summed E-state index contributed by atoms with van der Waals surface area (Å²) in [5, 5.41) is 0.446. The first-order chi connectivity index (χ1) is 6.15. The maximum Gasteiger partial charge on any atom is 0.166 e. The minimum absolute atomic E-state index is 0.167. The van der Waals surface area contributed by atoms with Crippen LogP contribution in [0, 0.1) is 11.6 Å². The summed E-state index contributed by atoms with van der Waals surface area (Å²) >= 11 is 3.05. The Morgan fingerprint density at radius 2 is 2.08 bits per heavy atom. The fourth-order valence-electron chi connectivity index (χ4n) is 0.932. The van der Waals surface area contributed by atoms with Crippen molar-refractivity contribution in [3.63, 3.8) is 0 Å². The average molecular weight is 249 g/mol. The highest BCUT2D eigenvalue weighted by Gasteiger charge is 2.11. The Labute approximate surface area is 82.9 Å². The lowest BCUT2D eigenvalue weighted by molar-refractivity contribution is 0.0985. The monoisotopic (exact) mass is 248 g/mol. The third kappa shape index (κ3) is 2.59. The van der Waals surface area contributed by atoms with Crippen molar-refractivity contribution in [2.75, 3.05) is 5.33 Å². The zero-order valence-corrected chi connectivity index (χ0v) is 8.27. The number of hydrogen-bond acceptors (Lipinski definition) is 1. The molecule has 70 valence electrons. The Morgan fingerprint density at radius 3 is 2.69 bits per heavy atom. The van der Waals surface area contributed by atoms with E-state index in [2.05, 4.69) is 15.9 Å². The van der Waals surface area contributed by atoms with E-state index in [0.717, 1.165) is 18.2 Å². The summed E-state index contributed by atoms with van der Waals surface area (Å²) in [4.78, 5) is 11.2. The summed E-state index contributed by atoms with van der Waals surface area (Å²) in [6, 6.07) is 2.86. The molecule has 0 atom stereocenters. The fraction of sp³-hybridized carbons (Fsp3) is 0.222. The number of rotatable bonds is 3. The normalized spacial score (nSPS) is 10.1. The molecule has 4 heteroatoms. The van der Waals surface area contributed by atoms with Crippen molar-refractivity contribution >= 4 is 21.7 Å². The second-order valence-electron chi connectivity index (χ2n) is 2.49. The van der Waals surface area contributed by atoms with E-state index in [4.69, 9.17) is 0 Å². The lowest BCUT2D eigenvalue weighted by Crippen LogP contribution is -2.03. The molecular formula is C9H7BrF2O. The van der Waals surface area contributed by atoms with Gasteiger partial charge in [-0.3, -0.25) is 4.79 Å². The third-order valence-corrected chi connectivity index (χ3v) is 1.95. The van der Waals surface area contributed by atoms with Crippen molar-refractivity contribution in [1.82, 2.24) is 0 Å². The van der Waals surface area contributed by atoms with E-state index in [1.807, 2.05) is 0 Å². The zero-order valence-electron chi connectivity index (χ0n) is 6.69. The Kier molecular flexibility index (Phi) is 3.54. The van der Waals surface area contributed by atoms with Crippen molar-refractivity contribution in [2.45, 2.75) is 6.42 Å². The van der Waals surface area contributed by atoms with Crippen LogP contribution in [0.2, 0.25) is 0 Å². The molecule has 0 aliphatic carbocycles. The van der Waals surface area contributed by atoms with E-state index >= 15 is 0 Å². The molecule has 0 unspecified atom stereocenters. The number of Topliss-reactive ketones (excluding diaryl/α,β-unsaturated/α-hetero) is 1. The molecule has 1 aromatic carbocycles. The molecule has 13 heavy (non-hydrogen) atoms. The number of carbonyl (C=O) groups is 1. The topological polar surface area (TPSA) is 17.1 Å². The number of hydrogen-bond donors (Lipinski definition) is 0. The lowest BCUT2D eigenvalue weighted by Gasteiger charge is -2.00. The quantitative estimate of drug-likeness (QED) is 0.594. The SMILES string of the molecule is O=C(CCBr)c1cc(F)ccc1F. The molecule has 0 saturated heterocycles. The number of halogens is 3. The standard InChI is InChI=1S/C9H7BrF2O/c10-4-3-9(13)7-5-6(11)1-2-8(7)12/h1-2,5H,3-4H2. The minimum atomic E-state index is -0.674. The molecule has 0 fully saturated rings. The molecule has 1 rings (SSSR count). The molecule has 0 aliphatic rings. The summed E-state index contributed by atoms with van der Waals surface area (Å²) in [7, 11) is 0. The van der Waals surface area contributed by atoms with Crippen molar-refractivity contribution in [1.29, 1.82) is 0 Å². The van der Waals surface area contributed by atoms with Gasteiger partial charge in [-0.25, -0.2) is 8.78 Å². The summed E-state index contributed by atoms with van der Waals surface area (Å²) in [5.41, 5.74) is -0.181. The summed E-state index contributed by atoms with van der Waals surface area (Å²) in [6.45, 7) is 0.